The van der Waals surface area contributed by atoms with Crippen LogP contribution in [0.1, 0.15) is 26.7 Å². The Morgan fingerprint density at radius 3 is 2.69 bits per heavy atom. The lowest BCUT2D eigenvalue weighted by atomic mass is 9.82. The summed E-state index contributed by atoms with van der Waals surface area (Å²) in [4.78, 5) is 0. The number of hydrogen-bond acceptors (Lipinski definition) is 3. The number of nitrogens with one attached hydrogen (secondary N) is 2. The maximum absolute atomic E-state index is 5.42. The van der Waals surface area contributed by atoms with Crippen LogP contribution in [0.5, 0.6) is 0 Å². The van der Waals surface area contributed by atoms with Gasteiger partial charge < -0.3 is 15.4 Å². The molecule has 2 fully saturated rings. The van der Waals surface area contributed by atoms with Crippen LogP contribution < -0.4 is 10.6 Å². The Labute approximate surface area is 99.3 Å². The summed E-state index contributed by atoms with van der Waals surface area (Å²) in [6.07, 6.45) is 2.41. The highest BCUT2D eigenvalue weighted by Crippen LogP contribution is 2.28. The Morgan fingerprint density at radius 2 is 2.06 bits per heavy atom. The van der Waals surface area contributed by atoms with E-state index in [0.29, 0.717) is 5.41 Å². The smallest absolute Gasteiger partial charge is 0.0471 e. The summed E-state index contributed by atoms with van der Waals surface area (Å²) < 4.78 is 5.42. The van der Waals surface area contributed by atoms with E-state index in [1.54, 1.807) is 0 Å². The Bertz CT molecular complexity index is 214. The van der Waals surface area contributed by atoms with Crippen molar-refractivity contribution in [2.75, 3.05) is 39.4 Å². The van der Waals surface area contributed by atoms with E-state index in [9.17, 15) is 0 Å². The lowest BCUT2D eigenvalue weighted by Gasteiger charge is -2.34. The van der Waals surface area contributed by atoms with Crippen LogP contribution in [0.15, 0.2) is 0 Å². The zero-order chi connectivity index (χ0) is 11.4. The molecule has 0 aromatic rings. The summed E-state index contributed by atoms with van der Waals surface area (Å²) in [7, 11) is 0. The normalized spacial score (nSPS) is 34.1. The molecule has 2 saturated heterocycles. The van der Waals surface area contributed by atoms with Gasteiger partial charge in [0.15, 0.2) is 0 Å². The van der Waals surface area contributed by atoms with Crippen molar-refractivity contribution in [2.24, 2.45) is 17.3 Å². The molecule has 2 rings (SSSR count). The van der Waals surface area contributed by atoms with Crippen molar-refractivity contribution in [3.05, 3.63) is 0 Å². The molecule has 16 heavy (non-hydrogen) atoms. The Kier molecular flexibility index (Phi) is 4.22. The molecule has 0 spiro atoms. The number of ether oxygens (including phenoxy) is 1. The Morgan fingerprint density at radius 1 is 1.31 bits per heavy atom. The van der Waals surface area contributed by atoms with E-state index < -0.39 is 0 Å². The molecule has 2 N–H and O–H groups in total. The fraction of sp³-hybridized carbons (Fsp3) is 1.00. The summed E-state index contributed by atoms with van der Waals surface area (Å²) in [5, 5.41) is 7.13. The summed E-state index contributed by atoms with van der Waals surface area (Å²) >= 11 is 0. The van der Waals surface area contributed by atoms with Crippen LogP contribution in [0.25, 0.3) is 0 Å². The average molecular weight is 226 g/mol. The maximum Gasteiger partial charge on any atom is 0.0471 e. The second-order valence-electron chi connectivity index (χ2n) is 5.95. The molecular weight excluding hydrogens is 200 g/mol. The fourth-order valence-corrected chi connectivity index (χ4v) is 2.74. The molecule has 2 aliphatic rings. The molecule has 2 heterocycles. The van der Waals surface area contributed by atoms with Gasteiger partial charge in [-0.3, -0.25) is 0 Å². The lowest BCUT2D eigenvalue weighted by molar-refractivity contribution is 0.0237. The third-order valence-electron chi connectivity index (χ3n) is 4.34. The quantitative estimate of drug-likeness (QED) is 0.757. The minimum absolute atomic E-state index is 0.466. The van der Waals surface area contributed by atoms with Crippen LogP contribution in [0.4, 0.5) is 0 Å². The molecule has 0 aliphatic carbocycles. The van der Waals surface area contributed by atoms with Crippen molar-refractivity contribution >= 4 is 0 Å². The summed E-state index contributed by atoms with van der Waals surface area (Å²) in [5.74, 6) is 1.65. The van der Waals surface area contributed by atoms with Crippen LogP contribution in [-0.4, -0.2) is 39.4 Å². The summed E-state index contributed by atoms with van der Waals surface area (Å²) in [6.45, 7) is 11.3. The molecule has 2 atom stereocenters. The molecule has 0 aromatic carbocycles. The average Bonchev–Trinajstić information content (AvgIpc) is 2.65. The van der Waals surface area contributed by atoms with Crippen molar-refractivity contribution in [1.29, 1.82) is 0 Å². The van der Waals surface area contributed by atoms with Crippen molar-refractivity contribution in [3.8, 4) is 0 Å². The van der Waals surface area contributed by atoms with Gasteiger partial charge in [-0.1, -0.05) is 13.8 Å². The van der Waals surface area contributed by atoms with Gasteiger partial charge in [0.2, 0.25) is 0 Å². The molecule has 3 heteroatoms. The van der Waals surface area contributed by atoms with Crippen LogP contribution in [-0.2, 0) is 4.74 Å². The summed E-state index contributed by atoms with van der Waals surface area (Å²) in [6, 6.07) is 0. The third kappa shape index (κ3) is 3.19. The molecule has 0 aromatic heterocycles. The molecule has 0 bridgehead atoms. The van der Waals surface area contributed by atoms with E-state index in [1.165, 1.54) is 32.5 Å². The molecular formula is C13H26N2O. The second kappa shape index (κ2) is 5.48. The van der Waals surface area contributed by atoms with E-state index in [4.69, 9.17) is 4.74 Å². The first-order valence-electron chi connectivity index (χ1n) is 6.69. The van der Waals surface area contributed by atoms with E-state index in [-0.39, 0.29) is 0 Å². The monoisotopic (exact) mass is 226 g/mol. The summed E-state index contributed by atoms with van der Waals surface area (Å²) in [5.41, 5.74) is 0.466. The van der Waals surface area contributed by atoms with Crippen molar-refractivity contribution in [1.82, 2.24) is 10.6 Å². The van der Waals surface area contributed by atoms with Gasteiger partial charge in [-0.15, -0.1) is 0 Å². The van der Waals surface area contributed by atoms with Crippen molar-refractivity contribution in [2.45, 2.75) is 26.7 Å². The van der Waals surface area contributed by atoms with E-state index in [0.717, 1.165) is 31.6 Å². The van der Waals surface area contributed by atoms with Gasteiger partial charge in [0, 0.05) is 19.8 Å². The predicted molar refractivity (Wildman–Crippen MR) is 66.6 cm³/mol. The van der Waals surface area contributed by atoms with Crippen molar-refractivity contribution in [3.63, 3.8) is 0 Å². The highest BCUT2D eigenvalue weighted by molar-refractivity contribution is 4.83. The lowest BCUT2D eigenvalue weighted by Crippen LogP contribution is -2.39. The fourth-order valence-electron chi connectivity index (χ4n) is 2.74. The van der Waals surface area contributed by atoms with Gasteiger partial charge in [-0.2, -0.15) is 0 Å². The Balaban J connectivity index is 1.66. The van der Waals surface area contributed by atoms with Gasteiger partial charge in [0.1, 0.15) is 0 Å². The first-order chi connectivity index (χ1) is 7.70. The minimum Gasteiger partial charge on any atom is -0.381 e. The van der Waals surface area contributed by atoms with E-state index in [2.05, 4.69) is 24.5 Å². The maximum atomic E-state index is 5.42. The molecule has 0 unspecified atom stereocenters. The molecule has 0 radical (unpaired) electrons. The molecule has 3 nitrogen and oxygen atoms in total. The number of rotatable bonds is 4. The molecule has 0 amide bonds. The highest BCUT2D eigenvalue weighted by atomic mass is 16.5. The van der Waals surface area contributed by atoms with E-state index in [1.807, 2.05) is 0 Å². The van der Waals surface area contributed by atoms with Crippen LogP contribution in [0.3, 0.4) is 0 Å². The largest absolute Gasteiger partial charge is 0.381 e. The molecule has 94 valence electrons. The van der Waals surface area contributed by atoms with Crippen LogP contribution >= 0.6 is 0 Å². The van der Waals surface area contributed by atoms with Crippen LogP contribution in [0.2, 0.25) is 0 Å². The van der Waals surface area contributed by atoms with Crippen LogP contribution in [0, 0.1) is 17.3 Å². The van der Waals surface area contributed by atoms with Gasteiger partial charge >= 0.3 is 0 Å². The topological polar surface area (TPSA) is 33.3 Å². The highest BCUT2D eigenvalue weighted by Gasteiger charge is 2.28. The zero-order valence-electron chi connectivity index (χ0n) is 10.7. The first-order valence-corrected chi connectivity index (χ1v) is 6.69. The first kappa shape index (κ1) is 12.3. The predicted octanol–water partition coefficient (Wildman–Crippen LogP) is 1.25. The van der Waals surface area contributed by atoms with Gasteiger partial charge in [-0.05, 0) is 49.7 Å². The second-order valence-corrected chi connectivity index (χ2v) is 5.95. The minimum atomic E-state index is 0.466. The molecule has 0 saturated carbocycles. The number of hydrogen-bond donors (Lipinski definition) is 2. The SMILES string of the molecule is C[C@@H]1CNC[C@H]1CNCC1(C)CCOCC1. The van der Waals surface area contributed by atoms with Gasteiger partial charge in [-0.25, -0.2) is 0 Å². The third-order valence-corrected chi connectivity index (χ3v) is 4.34. The van der Waals surface area contributed by atoms with Gasteiger partial charge in [0.05, 0.1) is 0 Å². The van der Waals surface area contributed by atoms with Crippen molar-refractivity contribution < 1.29 is 4.74 Å². The van der Waals surface area contributed by atoms with E-state index >= 15 is 0 Å². The standard InChI is InChI=1S/C13H26N2O/c1-11-7-14-8-12(11)9-15-10-13(2)3-5-16-6-4-13/h11-12,14-15H,3-10H2,1-2H3/t11-,12+/m1/s1. The zero-order valence-corrected chi connectivity index (χ0v) is 10.7. The van der Waals surface area contributed by atoms with Gasteiger partial charge in [0.25, 0.3) is 0 Å². The Hall–Kier alpha value is -0.120. The molecule has 2 aliphatic heterocycles.